The van der Waals surface area contributed by atoms with Gasteiger partial charge in [-0.1, -0.05) is 15.9 Å². The summed E-state index contributed by atoms with van der Waals surface area (Å²) in [5.41, 5.74) is 0. The molecular weight excluding hydrogens is 277 g/mol. The molecule has 0 fully saturated rings. The zero-order valence-electron chi connectivity index (χ0n) is 8.67. The number of hydrogen-bond acceptors (Lipinski definition) is 2. The Morgan fingerprint density at radius 1 is 1.40 bits per heavy atom. The van der Waals surface area contributed by atoms with Crippen LogP contribution in [-0.4, -0.2) is 25.1 Å². The van der Waals surface area contributed by atoms with E-state index in [2.05, 4.69) is 21.2 Å². The van der Waals surface area contributed by atoms with E-state index in [1.807, 2.05) is 31.2 Å². The molecule has 4 heteroatoms. The Hall–Kier alpha value is -0.250. The van der Waals surface area contributed by atoms with E-state index >= 15 is 0 Å². The Morgan fingerprint density at radius 2 is 2.07 bits per heavy atom. The van der Waals surface area contributed by atoms with Crippen LogP contribution in [0.3, 0.4) is 0 Å². The molecule has 0 aliphatic carbocycles. The average molecular weight is 293 g/mol. The van der Waals surface area contributed by atoms with Crippen molar-refractivity contribution in [3.05, 3.63) is 28.7 Å². The molecule has 1 N–H and O–H groups in total. The lowest BCUT2D eigenvalue weighted by molar-refractivity contribution is 0.309. The Kier molecular flexibility index (Phi) is 6.06. The normalized spacial score (nSPS) is 12.5. The van der Waals surface area contributed by atoms with E-state index in [0.29, 0.717) is 18.5 Å². The van der Waals surface area contributed by atoms with Gasteiger partial charge in [0.25, 0.3) is 0 Å². The van der Waals surface area contributed by atoms with Crippen molar-refractivity contribution in [3.63, 3.8) is 0 Å². The molecule has 0 saturated heterocycles. The van der Waals surface area contributed by atoms with Crippen LogP contribution < -0.4 is 10.1 Å². The summed E-state index contributed by atoms with van der Waals surface area (Å²) in [6.07, 6.45) is 0. The minimum Gasteiger partial charge on any atom is -0.492 e. The van der Waals surface area contributed by atoms with Crippen LogP contribution in [0.15, 0.2) is 28.7 Å². The summed E-state index contributed by atoms with van der Waals surface area (Å²) in [6.45, 7) is 3.51. The van der Waals surface area contributed by atoms with E-state index in [1.165, 1.54) is 0 Å². The molecule has 15 heavy (non-hydrogen) atoms. The Morgan fingerprint density at radius 3 is 2.67 bits per heavy atom. The van der Waals surface area contributed by atoms with Crippen LogP contribution in [0.25, 0.3) is 0 Å². The van der Waals surface area contributed by atoms with Gasteiger partial charge in [0, 0.05) is 22.9 Å². The number of ether oxygens (including phenoxy) is 1. The summed E-state index contributed by atoms with van der Waals surface area (Å²) in [7, 11) is 0. The number of benzene rings is 1. The third-order valence-electron chi connectivity index (χ3n) is 1.91. The van der Waals surface area contributed by atoms with Crippen molar-refractivity contribution in [3.8, 4) is 5.75 Å². The second-order valence-electron chi connectivity index (χ2n) is 3.31. The molecule has 0 saturated carbocycles. The lowest BCUT2D eigenvalue weighted by Gasteiger charge is -2.11. The molecule has 0 heterocycles. The molecule has 0 aliphatic heterocycles. The molecule has 1 unspecified atom stereocenters. The van der Waals surface area contributed by atoms with Crippen LogP contribution in [0.5, 0.6) is 5.75 Å². The van der Waals surface area contributed by atoms with Gasteiger partial charge in [0.15, 0.2) is 0 Å². The maximum absolute atomic E-state index is 5.66. The van der Waals surface area contributed by atoms with Gasteiger partial charge in [-0.05, 0) is 31.2 Å². The van der Waals surface area contributed by atoms with Crippen molar-refractivity contribution in [1.29, 1.82) is 0 Å². The largest absolute Gasteiger partial charge is 0.492 e. The monoisotopic (exact) mass is 291 g/mol. The zero-order valence-corrected chi connectivity index (χ0v) is 11.0. The molecule has 0 radical (unpaired) electrons. The first-order valence-corrected chi connectivity index (χ1v) is 6.23. The van der Waals surface area contributed by atoms with Crippen LogP contribution in [0.2, 0.25) is 0 Å². The molecule has 0 amide bonds. The Bertz CT molecular complexity index is 278. The van der Waals surface area contributed by atoms with Gasteiger partial charge in [0.05, 0.1) is 0 Å². The van der Waals surface area contributed by atoms with Crippen LogP contribution in [-0.2, 0) is 0 Å². The molecule has 2 nitrogen and oxygen atoms in total. The van der Waals surface area contributed by atoms with Gasteiger partial charge < -0.3 is 10.1 Å². The second kappa shape index (κ2) is 7.09. The van der Waals surface area contributed by atoms with Crippen molar-refractivity contribution in [2.75, 3.05) is 19.0 Å². The van der Waals surface area contributed by atoms with E-state index in [9.17, 15) is 0 Å². The van der Waals surface area contributed by atoms with Crippen molar-refractivity contribution in [2.45, 2.75) is 13.0 Å². The number of halogens is 2. The molecule has 0 aromatic heterocycles. The zero-order chi connectivity index (χ0) is 11.1. The minimum atomic E-state index is 0.334. The van der Waals surface area contributed by atoms with Gasteiger partial charge in [-0.2, -0.15) is 0 Å². The number of alkyl halides is 1. The Balaban J connectivity index is 2.17. The van der Waals surface area contributed by atoms with Gasteiger partial charge in [-0.3, -0.25) is 0 Å². The molecule has 84 valence electrons. The SMILES string of the molecule is CC(CCl)NCCOc1ccc(Br)cc1. The van der Waals surface area contributed by atoms with Gasteiger partial charge in [-0.25, -0.2) is 0 Å². The van der Waals surface area contributed by atoms with Crippen molar-refractivity contribution in [1.82, 2.24) is 5.32 Å². The summed E-state index contributed by atoms with van der Waals surface area (Å²) < 4.78 is 6.59. The van der Waals surface area contributed by atoms with Crippen molar-refractivity contribution in [2.24, 2.45) is 0 Å². The molecule has 0 spiro atoms. The minimum absolute atomic E-state index is 0.334. The highest BCUT2D eigenvalue weighted by atomic mass is 79.9. The van der Waals surface area contributed by atoms with E-state index in [1.54, 1.807) is 0 Å². The summed E-state index contributed by atoms with van der Waals surface area (Å²) in [5.74, 6) is 1.51. The van der Waals surface area contributed by atoms with Crippen LogP contribution in [0.4, 0.5) is 0 Å². The van der Waals surface area contributed by atoms with Crippen LogP contribution in [0, 0.1) is 0 Å². The molecule has 0 aliphatic rings. The highest BCUT2D eigenvalue weighted by Gasteiger charge is 1.98. The highest BCUT2D eigenvalue weighted by molar-refractivity contribution is 9.10. The second-order valence-corrected chi connectivity index (χ2v) is 4.54. The summed E-state index contributed by atoms with van der Waals surface area (Å²) >= 11 is 9.03. The van der Waals surface area contributed by atoms with E-state index in [-0.39, 0.29) is 0 Å². The molecule has 1 rings (SSSR count). The molecular formula is C11H15BrClNO. The number of nitrogens with one attached hydrogen (secondary N) is 1. The lowest BCUT2D eigenvalue weighted by atomic mass is 10.3. The third kappa shape index (κ3) is 5.40. The fraction of sp³-hybridized carbons (Fsp3) is 0.455. The summed E-state index contributed by atoms with van der Waals surface area (Å²) in [6, 6.07) is 8.14. The van der Waals surface area contributed by atoms with E-state index in [4.69, 9.17) is 16.3 Å². The maximum Gasteiger partial charge on any atom is 0.119 e. The predicted octanol–water partition coefficient (Wildman–Crippen LogP) is 3.04. The maximum atomic E-state index is 5.66. The number of rotatable bonds is 6. The molecule has 1 aromatic carbocycles. The third-order valence-corrected chi connectivity index (χ3v) is 2.90. The Labute approximate surface area is 104 Å². The lowest BCUT2D eigenvalue weighted by Crippen LogP contribution is -2.31. The fourth-order valence-corrected chi connectivity index (χ4v) is 1.43. The smallest absolute Gasteiger partial charge is 0.119 e. The van der Waals surface area contributed by atoms with E-state index < -0.39 is 0 Å². The molecule has 1 aromatic rings. The molecule has 1 atom stereocenters. The summed E-state index contributed by atoms with van der Waals surface area (Å²) in [5, 5.41) is 3.25. The van der Waals surface area contributed by atoms with Gasteiger partial charge in [-0.15, -0.1) is 11.6 Å². The first-order chi connectivity index (χ1) is 7.22. The quantitative estimate of drug-likeness (QED) is 0.643. The fourth-order valence-electron chi connectivity index (χ4n) is 1.06. The topological polar surface area (TPSA) is 21.3 Å². The summed E-state index contributed by atoms with van der Waals surface area (Å²) in [4.78, 5) is 0. The van der Waals surface area contributed by atoms with Crippen molar-refractivity contribution >= 4 is 27.5 Å². The van der Waals surface area contributed by atoms with Crippen LogP contribution in [0.1, 0.15) is 6.92 Å². The first kappa shape index (κ1) is 12.8. The van der Waals surface area contributed by atoms with Crippen LogP contribution >= 0.6 is 27.5 Å². The average Bonchev–Trinajstić information content (AvgIpc) is 2.26. The van der Waals surface area contributed by atoms with Gasteiger partial charge >= 0.3 is 0 Å². The van der Waals surface area contributed by atoms with Crippen molar-refractivity contribution < 1.29 is 4.74 Å². The first-order valence-electron chi connectivity index (χ1n) is 4.90. The predicted molar refractivity (Wildman–Crippen MR) is 67.8 cm³/mol. The molecule has 0 bridgehead atoms. The highest BCUT2D eigenvalue weighted by Crippen LogP contribution is 2.15. The van der Waals surface area contributed by atoms with E-state index in [0.717, 1.165) is 16.8 Å². The van der Waals surface area contributed by atoms with Gasteiger partial charge in [0.1, 0.15) is 12.4 Å². The number of hydrogen-bond donors (Lipinski definition) is 1. The van der Waals surface area contributed by atoms with Gasteiger partial charge in [0.2, 0.25) is 0 Å². The standard InChI is InChI=1S/C11H15BrClNO/c1-9(8-13)14-6-7-15-11-4-2-10(12)3-5-11/h2-5,9,14H,6-8H2,1H3.